The Bertz CT molecular complexity index is 727. The topological polar surface area (TPSA) is 61.9 Å². The van der Waals surface area contributed by atoms with Gasteiger partial charge in [0.15, 0.2) is 0 Å². The largest absolute Gasteiger partial charge is 0.495 e. The molecule has 27 heavy (non-hydrogen) atoms. The number of likely N-dealkylation sites (tertiary alicyclic amines) is 1. The molecule has 1 aromatic rings. The summed E-state index contributed by atoms with van der Waals surface area (Å²) in [6.07, 6.45) is 2.35. The molecule has 1 aromatic carbocycles. The standard InChI is InChI=1S/C20H26ClN3O3/c1-27-18-3-2-16(21)9-17(18)24-12-15(8-19(24)25)20(26)23-6-4-13-10-22-11-14(13)5-7-23/h2-3,9,13-15,22H,4-8,10-12H2,1H3/t13-,14+,15?. The van der Waals surface area contributed by atoms with Crippen LogP contribution in [0.4, 0.5) is 5.69 Å². The normalized spacial score (nSPS) is 28.2. The summed E-state index contributed by atoms with van der Waals surface area (Å²) in [6.45, 7) is 4.12. The summed E-state index contributed by atoms with van der Waals surface area (Å²) in [5.41, 5.74) is 0.641. The van der Waals surface area contributed by atoms with Gasteiger partial charge in [0.05, 0.1) is 18.7 Å². The summed E-state index contributed by atoms with van der Waals surface area (Å²) >= 11 is 6.11. The maximum Gasteiger partial charge on any atom is 0.228 e. The van der Waals surface area contributed by atoms with Crippen LogP contribution in [0.1, 0.15) is 19.3 Å². The number of rotatable bonds is 3. The molecule has 0 saturated carbocycles. The number of benzene rings is 1. The van der Waals surface area contributed by atoms with Gasteiger partial charge in [-0.2, -0.15) is 0 Å². The molecule has 7 heteroatoms. The molecule has 146 valence electrons. The maximum absolute atomic E-state index is 13.1. The zero-order valence-electron chi connectivity index (χ0n) is 15.6. The first kappa shape index (κ1) is 18.6. The lowest BCUT2D eigenvalue weighted by Gasteiger charge is -2.25. The second-order valence-corrected chi connectivity index (χ2v) is 8.24. The zero-order chi connectivity index (χ0) is 19.0. The van der Waals surface area contributed by atoms with E-state index in [0.29, 0.717) is 34.8 Å². The van der Waals surface area contributed by atoms with Gasteiger partial charge in [0.1, 0.15) is 5.75 Å². The molecule has 4 rings (SSSR count). The van der Waals surface area contributed by atoms with E-state index in [0.717, 1.165) is 39.0 Å². The number of halogens is 1. The van der Waals surface area contributed by atoms with Crippen molar-refractivity contribution in [2.24, 2.45) is 17.8 Å². The molecule has 3 saturated heterocycles. The number of ether oxygens (including phenoxy) is 1. The van der Waals surface area contributed by atoms with Crippen LogP contribution in [0.5, 0.6) is 5.75 Å². The van der Waals surface area contributed by atoms with Gasteiger partial charge in [0.25, 0.3) is 0 Å². The van der Waals surface area contributed by atoms with Gasteiger partial charge in [0, 0.05) is 31.1 Å². The van der Waals surface area contributed by atoms with Crippen LogP contribution < -0.4 is 15.0 Å². The van der Waals surface area contributed by atoms with Crippen molar-refractivity contribution in [3.05, 3.63) is 23.2 Å². The Morgan fingerprint density at radius 3 is 2.59 bits per heavy atom. The third kappa shape index (κ3) is 3.65. The van der Waals surface area contributed by atoms with E-state index in [-0.39, 0.29) is 24.2 Å². The van der Waals surface area contributed by atoms with E-state index >= 15 is 0 Å². The quantitative estimate of drug-likeness (QED) is 0.857. The molecule has 0 radical (unpaired) electrons. The molecule has 6 nitrogen and oxygen atoms in total. The lowest BCUT2D eigenvalue weighted by atomic mass is 9.92. The second kappa shape index (κ2) is 7.68. The van der Waals surface area contributed by atoms with Gasteiger partial charge in [-0.15, -0.1) is 0 Å². The van der Waals surface area contributed by atoms with Gasteiger partial charge in [-0.25, -0.2) is 0 Å². The van der Waals surface area contributed by atoms with E-state index < -0.39 is 0 Å². The van der Waals surface area contributed by atoms with Gasteiger partial charge < -0.3 is 19.9 Å². The van der Waals surface area contributed by atoms with Crippen LogP contribution in [0.15, 0.2) is 18.2 Å². The fourth-order valence-corrected chi connectivity index (χ4v) is 4.84. The molecule has 3 aliphatic heterocycles. The van der Waals surface area contributed by atoms with E-state index in [1.807, 2.05) is 4.90 Å². The summed E-state index contributed by atoms with van der Waals surface area (Å²) < 4.78 is 5.38. The monoisotopic (exact) mass is 391 g/mol. The number of nitrogens with zero attached hydrogens (tertiary/aromatic N) is 2. The van der Waals surface area contributed by atoms with Crippen molar-refractivity contribution < 1.29 is 14.3 Å². The average Bonchev–Trinajstić information content (AvgIpc) is 3.22. The molecule has 2 amide bonds. The first-order chi connectivity index (χ1) is 13.1. The van der Waals surface area contributed by atoms with Crippen LogP contribution in [0.3, 0.4) is 0 Å². The Morgan fingerprint density at radius 1 is 1.22 bits per heavy atom. The predicted molar refractivity (Wildman–Crippen MR) is 104 cm³/mol. The van der Waals surface area contributed by atoms with Crippen LogP contribution in [0, 0.1) is 17.8 Å². The van der Waals surface area contributed by atoms with E-state index in [2.05, 4.69) is 5.32 Å². The lowest BCUT2D eigenvalue weighted by molar-refractivity contribution is -0.135. The number of amides is 2. The lowest BCUT2D eigenvalue weighted by Crippen LogP contribution is -2.38. The highest BCUT2D eigenvalue weighted by molar-refractivity contribution is 6.31. The molecule has 0 spiro atoms. The first-order valence-corrected chi connectivity index (χ1v) is 10.1. The summed E-state index contributed by atoms with van der Waals surface area (Å²) in [6, 6.07) is 5.21. The van der Waals surface area contributed by atoms with Crippen LogP contribution in [-0.4, -0.2) is 56.5 Å². The summed E-state index contributed by atoms with van der Waals surface area (Å²) in [5.74, 6) is 1.72. The number of nitrogens with one attached hydrogen (secondary N) is 1. The number of carbonyl (C=O) groups is 2. The highest BCUT2D eigenvalue weighted by Crippen LogP contribution is 2.36. The highest BCUT2D eigenvalue weighted by atomic mass is 35.5. The molecular formula is C20H26ClN3O3. The zero-order valence-corrected chi connectivity index (χ0v) is 16.4. The van der Waals surface area contributed by atoms with Crippen molar-refractivity contribution in [1.82, 2.24) is 10.2 Å². The van der Waals surface area contributed by atoms with Gasteiger partial charge in [-0.3, -0.25) is 9.59 Å². The van der Waals surface area contributed by atoms with Crippen molar-refractivity contribution >= 4 is 29.1 Å². The minimum Gasteiger partial charge on any atom is -0.495 e. The van der Waals surface area contributed by atoms with Gasteiger partial charge in [-0.1, -0.05) is 11.6 Å². The molecule has 0 aliphatic carbocycles. The minimum absolute atomic E-state index is 0.0511. The van der Waals surface area contributed by atoms with Crippen molar-refractivity contribution in [2.45, 2.75) is 19.3 Å². The Balaban J connectivity index is 1.46. The van der Waals surface area contributed by atoms with Crippen LogP contribution in [0.2, 0.25) is 5.02 Å². The fraction of sp³-hybridized carbons (Fsp3) is 0.600. The number of methoxy groups -OCH3 is 1. The minimum atomic E-state index is -0.294. The van der Waals surface area contributed by atoms with Gasteiger partial charge >= 0.3 is 0 Å². The Hall–Kier alpha value is -1.79. The smallest absolute Gasteiger partial charge is 0.228 e. The molecular weight excluding hydrogens is 366 g/mol. The summed E-state index contributed by atoms with van der Waals surface area (Å²) in [7, 11) is 1.57. The summed E-state index contributed by atoms with van der Waals surface area (Å²) in [4.78, 5) is 29.3. The van der Waals surface area contributed by atoms with E-state index in [1.165, 1.54) is 0 Å². The number of hydrogen-bond acceptors (Lipinski definition) is 4. The Labute approximate surface area is 164 Å². The highest BCUT2D eigenvalue weighted by Gasteiger charge is 2.39. The fourth-order valence-electron chi connectivity index (χ4n) is 4.68. The van der Waals surface area contributed by atoms with Crippen molar-refractivity contribution in [1.29, 1.82) is 0 Å². The van der Waals surface area contributed by atoms with Crippen molar-refractivity contribution in [3.8, 4) is 5.75 Å². The third-order valence-electron chi connectivity index (χ3n) is 6.24. The molecule has 3 aliphatic rings. The number of anilines is 1. The van der Waals surface area contributed by atoms with Crippen LogP contribution >= 0.6 is 11.6 Å². The van der Waals surface area contributed by atoms with Crippen LogP contribution in [0.25, 0.3) is 0 Å². The van der Waals surface area contributed by atoms with Crippen molar-refractivity contribution in [2.75, 3.05) is 44.7 Å². The molecule has 0 bridgehead atoms. The van der Waals surface area contributed by atoms with E-state index in [1.54, 1.807) is 30.2 Å². The Morgan fingerprint density at radius 2 is 1.93 bits per heavy atom. The molecule has 0 aromatic heterocycles. The SMILES string of the molecule is COc1ccc(Cl)cc1N1CC(C(=O)N2CC[C@@H]3CNC[C@@H]3CC2)CC1=O. The van der Waals surface area contributed by atoms with Crippen LogP contribution in [-0.2, 0) is 9.59 Å². The van der Waals surface area contributed by atoms with Gasteiger partial charge in [-0.05, 0) is 56.0 Å². The predicted octanol–water partition coefficient (Wildman–Crippen LogP) is 2.16. The van der Waals surface area contributed by atoms with Crippen molar-refractivity contribution in [3.63, 3.8) is 0 Å². The van der Waals surface area contributed by atoms with E-state index in [4.69, 9.17) is 16.3 Å². The average molecular weight is 392 g/mol. The number of hydrogen-bond donors (Lipinski definition) is 1. The summed E-state index contributed by atoms with van der Waals surface area (Å²) in [5, 5.41) is 4.00. The molecule has 3 heterocycles. The number of carbonyl (C=O) groups excluding carboxylic acids is 2. The first-order valence-electron chi connectivity index (χ1n) is 9.70. The third-order valence-corrected chi connectivity index (χ3v) is 6.47. The molecule has 3 fully saturated rings. The molecule has 1 N–H and O–H groups in total. The second-order valence-electron chi connectivity index (χ2n) is 7.80. The maximum atomic E-state index is 13.1. The van der Waals surface area contributed by atoms with Gasteiger partial charge in [0.2, 0.25) is 11.8 Å². The molecule has 1 unspecified atom stereocenters. The Kier molecular flexibility index (Phi) is 5.28. The number of fused-ring (bicyclic) bond motifs is 1. The van der Waals surface area contributed by atoms with E-state index in [9.17, 15) is 9.59 Å². The molecule has 3 atom stereocenters.